The number of aromatic nitrogens is 2. The molecule has 5 rings (SSSR count). The third-order valence-electron chi connectivity index (χ3n) is 6.13. The molecule has 31 heavy (non-hydrogen) atoms. The van der Waals surface area contributed by atoms with E-state index >= 15 is 0 Å². The van der Waals surface area contributed by atoms with Crippen LogP contribution in [0.25, 0.3) is 10.2 Å². The summed E-state index contributed by atoms with van der Waals surface area (Å²) in [6.45, 7) is 2.32. The standard InChI is InChI=1S/C24H26N2O3S2/c1-13-4-8-16-20(10-13)31-24-21(16)23(25-22(26-24)14-5-6-14)30-12-18(27)17-11-15(28-2)7-9-19(17)29-3/h7,9,11,13-14H,4-6,8,10,12H2,1-3H3. The highest BCUT2D eigenvalue weighted by Crippen LogP contribution is 2.44. The van der Waals surface area contributed by atoms with Crippen LogP contribution in [0.2, 0.25) is 0 Å². The largest absolute Gasteiger partial charge is 0.497 e. The van der Waals surface area contributed by atoms with E-state index in [0.29, 0.717) is 28.7 Å². The summed E-state index contributed by atoms with van der Waals surface area (Å²) in [5.41, 5.74) is 1.96. The van der Waals surface area contributed by atoms with Crippen LogP contribution in [0, 0.1) is 5.92 Å². The molecule has 162 valence electrons. The van der Waals surface area contributed by atoms with E-state index in [1.54, 1.807) is 32.4 Å². The van der Waals surface area contributed by atoms with E-state index in [-0.39, 0.29) is 5.78 Å². The van der Waals surface area contributed by atoms with Crippen LogP contribution in [0.15, 0.2) is 23.2 Å². The molecule has 1 saturated carbocycles. The molecule has 0 amide bonds. The zero-order valence-electron chi connectivity index (χ0n) is 18.1. The fourth-order valence-electron chi connectivity index (χ4n) is 4.20. The summed E-state index contributed by atoms with van der Waals surface area (Å²) in [4.78, 5) is 25.6. The number of hydrogen-bond acceptors (Lipinski definition) is 7. The summed E-state index contributed by atoms with van der Waals surface area (Å²) < 4.78 is 10.7. The average molecular weight is 455 g/mol. The van der Waals surface area contributed by atoms with E-state index in [4.69, 9.17) is 19.4 Å². The zero-order valence-corrected chi connectivity index (χ0v) is 19.7. The Balaban J connectivity index is 1.48. The Labute approximate surface area is 190 Å². The van der Waals surface area contributed by atoms with Gasteiger partial charge in [-0.2, -0.15) is 0 Å². The van der Waals surface area contributed by atoms with Crippen LogP contribution in [0.3, 0.4) is 0 Å². The second-order valence-corrected chi connectivity index (χ2v) is 10.5. The number of carbonyl (C=O) groups is 1. The third kappa shape index (κ3) is 4.05. The number of aryl methyl sites for hydroxylation is 1. The Bertz CT molecular complexity index is 1150. The maximum absolute atomic E-state index is 13.1. The van der Waals surface area contributed by atoms with Crippen molar-refractivity contribution in [3.63, 3.8) is 0 Å². The van der Waals surface area contributed by atoms with Gasteiger partial charge in [-0.05, 0) is 61.8 Å². The number of thioether (sulfide) groups is 1. The molecule has 0 saturated heterocycles. The molecule has 1 fully saturated rings. The molecule has 2 aliphatic rings. The second-order valence-electron chi connectivity index (χ2n) is 8.47. The second kappa shape index (κ2) is 8.43. The van der Waals surface area contributed by atoms with Gasteiger partial charge < -0.3 is 9.47 Å². The molecule has 0 radical (unpaired) electrons. The molecule has 1 aromatic carbocycles. The highest BCUT2D eigenvalue weighted by atomic mass is 32.2. The van der Waals surface area contributed by atoms with Gasteiger partial charge in [0.25, 0.3) is 0 Å². The first-order valence-corrected chi connectivity index (χ1v) is 12.6. The van der Waals surface area contributed by atoms with Crippen LogP contribution in [0.4, 0.5) is 0 Å². The van der Waals surface area contributed by atoms with Gasteiger partial charge >= 0.3 is 0 Å². The van der Waals surface area contributed by atoms with Crippen LogP contribution in [-0.4, -0.2) is 35.7 Å². The number of thiophene rings is 1. The monoisotopic (exact) mass is 454 g/mol. The van der Waals surface area contributed by atoms with Crippen molar-refractivity contribution in [1.29, 1.82) is 0 Å². The first kappa shape index (κ1) is 20.8. The van der Waals surface area contributed by atoms with Crippen molar-refractivity contribution in [3.8, 4) is 11.5 Å². The van der Waals surface area contributed by atoms with Crippen molar-refractivity contribution in [2.75, 3.05) is 20.0 Å². The lowest BCUT2D eigenvalue weighted by Gasteiger charge is -2.18. The van der Waals surface area contributed by atoms with Crippen molar-refractivity contribution in [1.82, 2.24) is 9.97 Å². The van der Waals surface area contributed by atoms with Gasteiger partial charge in [0, 0.05) is 16.2 Å². The highest BCUT2D eigenvalue weighted by Gasteiger charge is 2.30. The molecule has 0 aliphatic heterocycles. The SMILES string of the molecule is COc1ccc(OC)c(C(=O)CSc2nc(C3CC3)nc3sc4c(c23)CCC(C)C4)c1. The number of fused-ring (bicyclic) bond motifs is 3. The van der Waals surface area contributed by atoms with Gasteiger partial charge in [0.2, 0.25) is 0 Å². The summed E-state index contributed by atoms with van der Waals surface area (Å²) in [6.07, 6.45) is 5.73. The molecule has 0 bridgehead atoms. The smallest absolute Gasteiger partial charge is 0.176 e. The van der Waals surface area contributed by atoms with E-state index in [0.717, 1.165) is 47.3 Å². The molecule has 2 aromatic heterocycles. The Hall–Kier alpha value is -2.12. The predicted molar refractivity (Wildman–Crippen MR) is 125 cm³/mol. The first-order valence-electron chi connectivity index (χ1n) is 10.8. The molecule has 5 nitrogen and oxygen atoms in total. The number of Topliss-reactive ketones (excluding diaryl/α,β-unsaturated/α-hetero) is 1. The van der Waals surface area contributed by atoms with Gasteiger partial charge in [-0.25, -0.2) is 9.97 Å². The number of rotatable bonds is 7. The van der Waals surface area contributed by atoms with E-state index in [9.17, 15) is 4.79 Å². The molecule has 0 spiro atoms. The normalized spacial score (nSPS) is 18.1. The van der Waals surface area contributed by atoms with Crippen LogP contribution >= 0.6 is 23.1 Å². The number of ether oxygens (including phenoxy) is 2. The summed E-state index contributed by atoms with van der Waals surface area (Å²) in [5.74, 6) is 3.69. The van der Waals surface area contributed by atoms with Gasteiger partial charge in [0.15, 0.2) is 5.78 Å². The summed E-state index contributed by atoms with van der Waals surface area (Å²) in [7, 11) is 3.18. The van der Waals surface area contributed by atoms with Crippen molar-refractivity contribution >= 4 is 39.1 Å². The minimum absolute atomic E-state index is 0.0122. The van der Waals surface area contributed by atoms with E-state index < -0.39 is 0 Å². The highest BCUT2D eigenvalue weighted by molar-refractivity contribution is 8.00. The molecule has 1 atom stereocenters. The Kier molecular flexibility index (Phi) is 5.65. The van der Waals surface area contributed by atoms with Crippen LogP contribution < -0.4 is 9.47 Å². The van der Waals surface area contributed by atoms with Gasteiger partial charge in [0.1, 0.15) is 27.2 Å². The van der Waals surface area contributed by atoms with Gasteiger partial charge in [-0.3, -0.25) is 4.79 Å². The third-order valence-corrected chi connectivity index (χ3v) is 8.25. The minimum atomic E-state index is 0.0122. The first-order chi connectivity index (χ1) is 15.1. The van der Waals surface area contributed by atoms with Crippen LogP contribution in [-0.2, 0) is 12.8 Å². The lowest BCUT2D eigenvalue weighted by Crippen LogP contribution is -2.09. The van der Waals surface area contributed by atoms with Gasteiger partial charge in [-0.1, -0.05) is 18.7 Å². The molecule has 0 N–H and O–H groups in total. The number of hydrogen-bond donors (Lipinski definition) is 0. The zero-order chi connectivity index (χ0) is 21.5. The molecular formula is C24H26N2O3S2. The lowest BCUT2D eigenvalue weighted by molar-refractivity contribution is 0.101. The minimum Gasteiger partial charge on any atom is -0.497 e. The number of methoxy groups -OCH3 is 2. The molecule has 1 unspecified atom stereocenters. The summed E-state index contributed by atoms with van der Waals surface area (Å²) in [5, 5.41) is 2.15. The number of nitrogens with zero attached hydrogens (tertiary/aromatic N) is 2. The number of carbonyl (C=O) groups excluding carboxylic acids is 1. The van der Waals surface area contributed by atoms with Crippen molar-refractivity contribution in [3.05, 3.63) is 40.0 Å². The molecule has 3 aromatic rings. The Morgan fingerprint density at radius 1 is 1.19 bits per heavy atom. The van der Waals surface area contributed by atoms with Crippen LogP contribution in [0.1, 0.15) is 58.7 Å². The van der Waals surface area contributed by atoms with Crippen molar-refractivity contribution < 1.29 is 14.3 Å². The fraction of sp³-hybridized carbons (Fsp3) is 0.458. The maximum Gasteiger partial charge on any atom is 0.176 e. The quantitative estimate of drug-likeness (QED) is 0.260. The Morgan fingerprint density at radius 2 is 2.03 bits per heavy atom. The van der Waals surface area contributed by atoms with Crippen molar-refractivity contribution in [2.45, 2.75) is 50.0 Å². The molecule has 2 heterocycles. The Morgan fingerprint density at radius 3 is 2.77 bits per heavy atom. The van der Waals surface area contributed by atoms with Gasteiger partial charge in [0.05, 0.1) is 25.5 Å². The number of benzene rings is 1. The van der Waals surface area contributed by atoms with Crippen molar-refractivity contribution in [2.24, 2.45) is 5.92 Å². The summed E-state index contributed by atoms with van der Waals surface area (Å²) >= 11 is 3.37. The van der Waals surface area contributed by atoms with E-state index in [1.807, 2.05) is 11.3 Å². The lowest BCUT2D eigenvalue weighted by atomic mass is 9.89. The van der Waals surface area contributed by atoms with Crippen LogP contribution in [0.5, 0.6) is 11.5 Å². The van der Waals surface area contributed by atoms with E-state index in [1.165, 1.54) is 34.0 Å². The molecular weight excluding hydrogens is 428 g/mol. The van der Waals surface area contributed by atoms with E-state index in [2.05, 4.69) is 6.92 Å². The molecule has 7 heteroatoms. The molecule has 2 aliphatic carbocycles. The maximum atomic E-state index is 13.1. The average Bonchev–Trinajstić information content (AvgIpc) is 3.57. The summed E-state index contributed by atoms with van der Waals surface area (Å²) in [6, 6.07) is 5.33. The fourth-order valence-corrected chi connectivity index (χ4v) is 6.60. The number of ketones is 1. The van der Waals surface area contributed by atoms with Gasteiger partial charge in [-0.15, -0.1) is 11.3 Å². The topological polar surface area (TPSA) is 61.3 Å². The predicted octanol–water partition coefficient (Wildman–Crippen LogP) is 5.69.